The number of amides is 2. The van der Waals surface area contributed by atoms with Gasteiger partial charge in [-0.05, 0) is 25.5 Å². The molecule has 3 rings (SSSR count). The summed E-state index contributed by atoms with van der Waals surface area (Å²) in [7, 11) is 0. The van der Waals surface area contributed by atoms with E-state index in [1.54, 1.807) is 25.1 Å². The molecule has 9 nitrogen and oxygen atoms in total. The Kier molecular flexibility index (Phi) is 5.11. The number of nitrogens with zero attached hydrogens (tertiary/aromatic N) is 1. The van der Waals surface area contributed by atoms with Crippen LogP contribution in [0, 0.1) is 6.92 Å². The van der Waals surface area contributed by atoms with Crippen LogP contribution in [0.15, 0.2) is 46.0 Å². The molecule has 0 spiro atoms. The topological polar surface area (TPSA) is 137 Å². The van der Waals surface area contributed by atoms with E-state index >= 15 is 0 Å². The van der Waals surface area contributed by atoms with Crippen molar-refractivity contribution < 1.29 is 9.59 Å². The average molecular weight is 367 g/mol. The number of carbonyl (C=O) groups is 2. The number of hydrogen-bond donors (Lipinski definition) is 4. The molecule has 0 saturated carbocycles. The van der Waals surface area contributed by atoms with Gasteiger partial charge in [0, 0.05) is 23.1 Å². The number of nitrogens with one attached hydrogen (secondary N) is 4. The van der Waals surface area contributed by atoms with E-state index in [1.807, 2.05) is 18.2 Å². The Balaban J connectivity index is 1.57. The van der Waals surface area contributed by atoms with Crippen LogP contribution in [0.3, 0.4) is 0 Å². The first-order valence-electron chi connectivity index (χ1n) is 8.21. The van der Waals surface area contributed by atoms with Crippen molar-refractivity contribution in [2.45, 2.75) is 19.8 Å². The van der Waals surface area contributed by atoms with Crippen molar-refractivity contribution >= 4 is 22.7 Å². The van der Waals surface area contributed by atoms with Gasteiger partial charge in [0.05, 0.1) is 5.52 Å². The molecule has 0 atom stereocenters. The molecule has 0 unspecified atom stereocenters. The molecule has 0 radical (unpaired) electrons. The summed E-state index contributed by atoms with van der Waals surface area (Å²) >= 11 is 0. The zero-order valence-electron chi connectivity index (χ0n) is 14.5. The van der Waals surface area contributed by atoms with Crippen LogP contribution < -0.4 is 22.1 Å². The lowest BCUT2D eigenvalue weighted by atomic mass is 10.1. The summed E-state index contributed by atoms with van der Waals surface area (Å²) in [6.45, 7) is 1.58. The Hall–Kier alpha value is -3.75. The molecular weight excluding hydrogens is 350 g/mol. The van der Waals surface area contributed by atoms with E-state index in [1.165, 1.54) is 0 Å². The molecule has 1 aromatic carbocycles. The summed E-state index contributed by atoms with van der Waals surface area (Å²) < 4.78 is 0. The lowest BCUT2D eigenvalue weighted by molar-refractivity contribution is -0.121. The molecular formula is C18H17N5O4. The van der Waals surface area contributed by atoms with E-state index in [0.29, 0.717) is 16.8 Å². The number of hydrogen-bond acceptors (Lipinski definition) is 5. The number of rotatable bonds is 4. The Bertz CT molecular complexity index is 1130. The Morgan fingerprint density at radius 1 is 1.04 bits per heavy atom. The van der Waals surface area contributed by atoms with Crippen LogP contribution in [-0.2, 0) is 11.2 Å². The quantitative estimate of drug-likeness (QED) is 0.492. The molecule has 0 aliphatic heterocycles. The number of para-hydroxylation sites is 1. The molecule has 0 bridgehead atoms. The molecule has 2 heterocycles. The molecule has 9 heteroatoms. The highest BCUT2D eigenvalue weighted by molar-refractivity contribution is 5.95. The minimum Gasteiger partial charge on any atom is -0.311 e. The molecule has 2 aromatic heterocycles. The van der Waals surface area contributed by atoms with Gasteiger partial charge in [0.15, 0.2) is 0 Å². The third-order valence-corrected chi connectivity index (χ3v) is 4.00. The van der Waals surface area contributed by atoms with Crippen molar-refractivity contribution in [2.75, 3.05) is 0 Å². The van der Waals surface area contributed by atoms with Crippen LogP contribution in [0.5, 0.6) is 0 Å². The molecule has 3 aromatic rings. The summed E-state index contributed by atoms with van der Waals surface area (Å²) in [6, 6.07) is 10.7. The smallest absolute Gasteiger partial charge is 0.311 e. The number of benzene rings is 1. The maximum Gasteiger partial charge on any atom is 0.325 e. The van der Waals surface area contributed by atoms with Gasteiger partial charge in [0.1, 0.15) is 5.69 Å². The van der Waals surface area contributed by atoms with E-state index in [4.69, 9.17) is 0 Å². The maximum absolute atomic E-state index is 12.1. The van der Waals surface area contributed by atoms with Crippen LogP contribution in [-0.4, -0.2) is 26.8 Å². The van der Waals surface area contributed by atoms with Gasteiger partial charge in [-0.1, -0.05) is 24.3 Å². The zero-order chi connectivity index (χ0) is 19.4. The second kappa shape index (κ2) is 7.65. The minimum atomic E-state index is -0.596. The van der Waals surface area contributed by atoms with Crippen molar-refractivity contribution in [2.24, 2.45) is 0 Å². The molecule has 0 aliphatic rings. The average Bonchev–Trinajstić information content (AvgIpc) is 2.64. The second-order valence-electron chi connectivity index (χ2n) is 5.90. The van der Waals surface area contributed by atoms with Gasteiger partial charge in [-0.2, -0.15) is 0 Å². The lowest BCUT2D eigenvalue weighted by Gasteiger charge is -2.08. The van der Waals surface area contributed by atoms with Gasteiger partial charge < -0.3 is 4.98 Å². The number of pyridine rings is 1. The van der Waals surface area contributed by atoms with Gasteiger partial charge >= 0.3 is 5.69 Å². The summed E-state index contributed by atoms with van der Waals surface area (Å²) in [5.74, 6) is -1.03. The number of H-pyrrole nitrogens is 2. The van der Waals surface area contributed by atoms with Crippen molar-refractivity contribution in [3.05, 3.63) is 74.2 Å². The Labute approximate surface area is 152 Å². The van der Waals surface area contributed by atoms with Gasteiger partial charge in [0.25, 0.3) is 11.5 Å². The maximum atomic E-state index is 12.1. The third kappa shape index (κ3) is 4.27. The number of hydrazine groups is 1. The molecule has 0 fully saturated rings. The zero-order valence-corrected chi connectivity index (χ0v) is 14.5. The number of aromatic nitrogens is 3. The summed E-state index contributed by atoms with van der Waals surface area (Å²) in [6.07, 6.45) is 0.0786. The highest BCUT2D eigenvalue weighted by atomic mass is 16.2. The first-order valence-corrected chi connectivity index (χ1v) is 8.21. The van der Waals surface area contributed by atoms with Crippen LogP contribution >= 0.6 is 0 Å². The van der Waals surface area contributed by atoms with Crippen molar-refractivity contribution in [1.82, 2.24) is 25.8 Å². The lowest BCUT2D eigenvalue weighted by Crippen LogP contribution is -2.42. The molecule has 4 N–H and O–H groups in total. The fraction of sp³-hybridized carbons (Fsp3) is 0.167. The molecule has 138 valence electrons. The van der Waals surface area contributed by atoms with E-state index in [2.05, 4.69) is 25.8 Å². The first kappa shape index (κ1) is 18.1. The summed E-state index contributed by atoms with van der Waals surface area (Å²) in [5, 5.41) is 0.902. The van der Waals surface area contributed by atoms with Crippen molar-refractivity contribution in [3.63, 3.8) is 0 Å². The van der Waals surface area contributed by atoms with Crippen LogP contribution in [0.25, 0.3) is 10.9 Å². The largest absolute Gasteiger partial charge is 0.325 e. The SMILES string of the molecule is Cc1[nH]c(=O)[nH]c(=O)c1CCC(=O)NNC(=O)c1ccc2ccccc2n1. The third-order valence-electron chi connectivity index (χ3n) is 4.00. The highest BCUT2D eigenvalue weighted by Gasteiger charge is 2.12. The molecule has 0 saturated heterocycles. The molecule has 0 aliphatic carbocycles. The molecule has 2 amide bonds. The van der Waals surface area contributed by atoms with Crippen LogP contribution in [0.1, 0.15) is 28.2 Å². The van der Waals surface area contributed by atoms with Crippen molar-refractivity contribution in [1.29, 1.82) is 0 Å². The second-order valence-corrected chi connectivity index (χ2v) is 5.90. The minimum absolute atomic E-state index is 0.0403. The van der Waals surface area contributed by atoms with E-state index in [9.17, 15) is 19.2 Å². The van der Waals surface area contributed by atoms with Crippen LogP contribution in [0.4, 0.5) is 0 Å². The summed E-state index contributed by atoms with van der Waals surface area (Å²) in [4.78, 5) is 55.8. The number of aryl methyl sites for hydroxylation is 1. The predicted molar refractivity (Wildman–Crippen MR) is 98.1 cm³/mol. The van der Waals surface area contributed by atoms with E-state index < -0.39 is 23.1 Å². The van der Waals surface area contributed by atoms with Gasteiger partial charge in [-0.15, -0.1) is 0 Å². The van der Waals surface area contributed by atoms with Crippen LogP contribution in [0.2, 0.25) is 0 Å². The first-order chi connectivity index (χ1) is 12.9. The molecule has 27 heavy (non-hydrogen) atoms. The number of fused-ring (bicyclic) bond motifs is 1. The fourth-order valence-electron chi connectivity index (χ4n) is 2.61. The van der Waals surface area contributed by atoms with E-state index in [0.717, 1.165) is 5.39 Å². The monoisotopic (exact) mass is 367 g/mol. The standard InChI is InChI=1S/C18H17N5O4/c1-10-12(16(25)21-18(27)19-10)7-9-15(24)22-23-17(26)14-8-6-11-4-2-3-5-13(11)20-14/h2-6,8H,7,9H2,1H3,(H,22,24)(H,23,26)(H2,19,21,25,27). The fourth-order valence-corrected chi connectivity index (χ4v) is 2.61. The van der Waals surface area contributed by atoms with Gasteiger partial charge in [0.2, 0.25) is 5.91 Å². The van der Waals surface area contributed by atoms with Gasteiger partial charge in [-0.3, -0.25) is 30.2 Å². The Morgan fingerprint density at radius 3 is 2.59 bits per heavy atom. The predicted octanol–water partition coefficient (Wildman–Crippen LogP) is 0.314. The van der Waals surface area contributed by atoms with Gasteiger partial charge in [-0.25, -0.2) is 9.78 Å². The van der Waals surface area contributed by atoms with E-state index in [-0.39, 0.29) is 18.5 Å². The normalized spacial score (nSPS) is 10.6. The Morgan fingerprint density at radius 2 is 1.81 bits per heavy atom. The van der Waals surface area contributed by atoms with Crippen molar-refractivity contribution in [3.8, 4) is 0 Å². The number of carbonyl (C=O) groups excluding carboxylic acids is 2. The highest BCUT2D eigenvalue weighted by Crippen LogP contribution is 2.11. The summed E-state index contributed by atoms with van der Waals surface area (Å²) in [5.41, 5.74) is 5.00. The number of aromatic amines is 2.